The van der Waals surface area contributed by atoms with Gasteiger partial charge in [0.1, 0.15) is 11.8 Å². The molecule has 3 aromatic rings. The molecule has 0 unspecified atom stereocenters. The van der Waals surface area contributed by atoms with Crippen molar-refractivity contribution in [3.8, 4) is 5.75 Å². The van der Waals surface area contributed by atoms with E-state index in [0.29, 0.717) is 11.4 Å². The number of amides is 1. The molecule has 2 N–H and O–H groups in total. The van der Waals surface area contributed by atoms with Crippen LogP contribution >= 0.6 is 22.6 Å². The van der Waals surface area contributed by atoms with E-state index in [1.807, 2.05) is 30.3 Å². The molecule has 0 aliphatic carbocycles. The van der Waals surface area contributed by atoms with Crippen LogP contribution in [0.15, 0.2) is 83.8 Å². The third-order valence-corrected chi connectivity index (χ3v) is 6.58. The zero-order chi connectivity index (χ0) is 21.6. The lowest BCUT2D eigenvalue weighted by Crippen LogP contribution is -2.45. The van der Waals surface area contributed by atoms with Crippen LogP contribution in [-0.4, -0.2) is 27.5 Å². The predicted molar refractivity (Wildman–Crippen MR) is 125 cm³/mol. The minimum Gasteiger partial charge on any atom is -0.497 e. The molecule has 0 radical (unpaired) electrons. The first-order valence-corrected chi connectivity index (χ1v) is 11.7. The highest BCUT2D eigenvalue weighted by Gasteiger charge is 2.26. The summed E-state index contributed by atoms with van der Waals surface area (Å²) in [6, 6.07) is 21.6. The number of methoxy groups -OCH3 is 1. The maximum absolute atomic E-state index is 13.0. The Bertz CT molecular complexity index is 1090. The second kappa shape index (κ2) is 10.1. The zero-order valence-corrected chi connectivity index (χ0v) is 19.2. The lowest BCUT2D eigenvalue weighted by molar-refractivity contribution is -0.117. The number of hydrogen-bond acceptors (Lipinski definition) is 4. The fourth-order valence-corrected chi connectivity index (χ4v) is 4.37. The average Bonchev–Trinajstić information content (AvgIpc) is 2.74. The summed E-state index contributed by atoms with van der Waals surface area (Å²) < 4.78 is 34.3. The Kier molecular flexibility index (Phi) is 7.46. The molecule has 6 nitrogen and oxygen atoms in total. The number of carbonyl (C=O) groups excluding carboxylic acids is 1. The van der Waals surface area contributed by atoms with Gasteiger partial charge in [0.05, 0.1) is 12.0 Å². The topological polar surface area (TPSA) is 84.5 Å². The van der Waals surface area contributed by atoms with E-state index in [4.69, 9.17) is 4.74 Å². The second-order valence-corrected chi connectivity index (χ2v) is 9.49. The van der Waals surface area contributed by atoms with Crippen LogP contribution in [0.4, 0.5) is 5.69 Å². The van der Waals surface area contributed by atoms with Gasteiger partial charge >= 0.3 is 0 Å². The number of hydrogen-bond donors (Lipinski definition) is 2. The van der Waals surface area contributed by atoms with E-state index in [1.54, 1.807) is 43.5 Å². The summed E-state index contributed by atoms with van der Waals surface area (Å²) in [4.78, 5) is 13.1. The van der Waals surface area contributed by atoms with Crippen LogP contribution in [0.2, 0.25) is 0 Å². The maximum Gasteiger partial charge on any atom is 0.242 e. The molecule has 1 amide bonds. The van der Waals surface area contributed by atoms with Crippen molar-refractivity contribution in [3.63, 3.8) is 0 Å². The minimum atomic E-state index is -3.88. The van der Waals surface area contributed by atoms with Crippen LogP contribution in [-0.2, 0) is 21.2 Å². The van der Waals surface area contributed by atoms with Crippen molar-refractivity contribution in [2.24, 2.45) is 0 Å². The summed E-state index contributed by atoms with van der Waals surface area (Å²) in [5, 5.41) is 2.77. The molecule has 0 spiro atoms. The third-order valence-electron chi connectivity index (χ3n) is 4.38. The van der Waals surface area contributed by atoms with Gasteiger partial charge in [0, 0.05) is 9.26 Å². The molecule has 0 aliphatic heterocycles. The Hall–Kier alpha value is -2.43. The van der Waals surface area contributed by atoms with E-state index in [0.717, 1.165) is 9.13 Å². The van der Waals surface area contributed by atoms with E-state index in [9.17, 15) is 13.2 Å². The summed E-state index contributed by atoms with van der Waals surface area (Å²) >= 11 is 2.10. The minimum absolute atomic E-state index is 0.109. The van der Waals surface area contributed by atoms with E-state index < -0.39 is 22.0 Å². The molecule has 1 atom stereocenters. The number of benzene rings is 3. The highest BCUT2D eigenvalue weighted by atomic mass is 127. The summed E-state index contributed by atoms with van der Waals surface area (Å²) in [5.41, 5.74) is 1.39. The van der Waals surface area contributed by atoms with Gasteiger partial charge in [-0.25, -0.2) is 8.42 Å². The molecule has 0 fully saturated rings. The first-order chi connectivity index (χ1) is 14.4. The number of nitrogens with one attached hydrogen (secondary N) is 2. The van der Waals surface area contributed by atoms with Crippen molar-refractivity contribution in [1.29, 1.82) is 0 Å². The van der Waals surface area contributed by atoms with Gasteiger partial charge in [0.2, 0.25) is 15.9 Å². The van der Waals surface area contributed by atoms with E-state index in [2.05, 4.69) is 32.6 Å². The lowest BCUT2D eigenvalue weighted by atomic mass is 10.1. The molecule has 0 heterocycles. The van der Waals surface area contributed by atoms with Gasteiger partial charge in [0.15, 0.2) is 0 Å². The molecule has 0 bridgehead atoms. The van der Waals surface area contributed by atoms with Crippen LogP contribution in [0.1, 0.15) is 5.56 Å². The summed E-state index contributed by atoms with van der Waals surface area (Å²) in [7, 11) is -2.32. The molecule has 156 valence electrons. The van der Waals surface area contributed by atoms with E-state index in [-0.39, 0.29) is 11.3 Å². The van der Waals surface area contributed by atoms with Crippen molar-refractivity contribution in [1.82, 2.24) is 4.72 Å². The van der Waals surface area contributed by atoms with E-state index in [1.165, 1.54) is 12.1 Å². The molecule has 0 saturated carbocycles. The molecule has 8 heteroatoms. The van der Waals surface area contributed by atoms with Crippen molar-refractivity contribution >= 4 is 44.2 Å². The highest BCUT2D eigenvalue weighted by molar-refractivity contribution is 14.1. The normalized spacial score (nSPS) is 12.2. The molecule has 0 saturated heterocycles. The van der Waals surface area contributed by atoms with Gasteiger partial charge < -0.3 is 10.1 Å². The molecule has 0 aromatic heterocycles. The Morgan fingerprint density at radius 3 is 2.20 bits per heavy atom. The Balaban J connectivity index is 1.83. The number of carbonyl (C=O) groups is 1. The number of rotatable bonds is 8. The molecular formula is C22H21IN2O4S. The third kappa shape index (κ3) is 6.04. The Morgan fingerprint density at radius 2 is 1.60 bits per heavy atom. The highest BCUT2D eigenvalue weighted by Crippen LogP contribution is 2.17. The van der Waals surface area contributed by atoms with Crippen LogP contribution in [0.25, 0.3) is 0 Å². The number of sulfonamides is 1. The number of halogens is 1. The van der Waals surface area contributed by atoms with Gasteiger partial charge in [-0.05, 0) is 83.1 Å². The second-order valence-electron chi connectivity index (χ2n) is 6.54. The first-order valence-electron chi connectivity index (χ1n) is 9.14. The SMILES string of the molecule is COc1ccc(NC(=O)[C@@H](Cc2ccccc2)NS(=O)(=O)c2ccc(I)cc2)cc1. The first kappa shape index (κ1) is 22.3. The van der Waals surface area contributed by atoms with Crippen LogP contribution in [0, 0.1) is 3.57 Å². The maximum atomic E-state index is 13.0. The quantitative estimate of drug-likeness (QED) is 0.429. The smallest absolute Gasteiger partial charge is 0.242 e. The summed E-state index contributed by atoms with van der Waals surface area (Å²) in [6.45, 7) is 0. The van der Waals surface area contributed by atoms with Gasteiger partial charge in [-0.3, -0.25) is 4.79 Å². The van der Waals surface area contributed by atoms with Gasteiger partial charge in [0.25, 0.3) is 0 Å². The summed E-state index contributed by atoms with van der Waals surface area (Å²) in [5.74, 6) is 0.214. The molecule has 0 aliphatic rings. The van der Waals surface area contributed by atoms with Crippen molar-refractivity contribution in [2.75, 3.05) is 12.4 Å². The largest absolute Gasteiger partial charge is 0.497 e. The Labute approximate surface area is 189 Å². The fraction of sp³-hybridized carbons (Fsp3) is 0.136. The standard InChI is InChI=1S/C22H21IN2O4S/c1-29-19-11-9-18(10-12-19)24-22(26)21(15-16-5-3-2-4-6-16)25-30(27,28)20-13-7-17(23)8-14-20/h2-14,21,25H,15H2,1H3,(H,24,26)/t21-/m1/s1. The van der Waals surface area contributed by atoms with Gasteiger partial charge in [-0.1, -0.05) is 30.3 Å². The zero-order valence-electron chi connectivity index (χ0n) is 16.2. The number of ether oxygens (including phenoxy) is 1. The number of anilines is 1. The molecule has 30 heavy (non-hydrogen) atoms. The lowest BCUT2D eigenvalue weighted by Gasteiger charge is -2.19. The molecular weight excluding hydrogens is 515 g/mol. The van der Waals surface area contributed by atoms with Crippen LogP contribution < -0.4 is 14.8 Å². The van der Waals surface area contributed by atoms with Gasteiger partial charge in [-0.15, -0.1) is 0 Å². The van der Waals surface area contributed by atoms with Crippen molar-refractivity contribution < 1.29 is 17.9 Å². The average molecular weight is 536 g/mol. The molecule has 3 rings (SSSR count). The monoisotopic (exact) mass is 536 g/mol. The Morgan fingerprint density at radius 1 is 0.967 bits per heavy atom. The molecule has 3 aromatic carbocycles. The fourth-order valence-electron chi connectivity index (χ4n) is 2.81. The van der Waals surface area contributed by atoms with Crippen molar-refractivity contribution in [3.05, 3.63) is 88.0 Å². The van der Waals surface area contributed by atoms with Gasteiger partial charge in [-0.2, -0.15) is 4.72 Å². The summed E-state index contributed by atoms with van der Waals surface area (Å²) in [6.07, 6.45) is 0.215. The van der Waals surface area contributed by atoms with Crippen molar-refractivity contribution in [2.45, 2.75) is 17.4 Å². The van der Waals surface area contributed by atoms with Crippen LogP contribution in [0.5, 0.6) is 5.75 Å². The predicted octanol–water partition coefficient (Wildman–Crippen LogP) is 3.83. The van der Waals surface area contributed by atoms with E-state index >= 15 is 0 Å². The van der Waals surface area contributed by atoms with Crippen LogP contribution in [0.3, 0.4) is 0 Å².